The molecule has 3 nitrogen and oxygen atoms in total. The highest BCUT2D eigenvalue weighted by Crippen LogP contribution is 2.19. The molecule has 1 atom stereocenters. The molecule has 1 amide bonds. The van der Waals surface area contributed by atoms with Crippen LogP contribution < -0.4 is 10.1 Å². The lowest BCUT2D eigenvalue weighted by atomic mass is 9.99. The van der Waals surface area contributed by atoms with Crippen LogP contribution in [0.4, 0.5) is 0 Å². The summed E-state index contributed by atoms with van der Waals surface area (Å²) in [6.07, 6.45) is 0. The first kappa shape index (κ1) is 16.1. The molecule has 0 aliphatic carbocycles. The standard InChI is InChI=1S/C19H23NO2/c1-12-10-14(3)18(11-13(12)2)19(21)20-15(4)16-6-8-17(22-5)9-7-16/h6-11,15H,1-5H3,(H,20,21). The Kier molecular flexibility index (Phi) is 4.86. The van der Waals surface area contributed by atoms with Gasteiger partial charge in [0.1, 0.15) is 5.75 Å². The number of ether oxygens (including phenoxy) is 1. The molecule has 22 heavy (non-hydrogen) atoms. The third-order valence-corrected chi connectivity index (χ3v) is 4.05. The summed E-state index contributed by atoms with van der Waals surface area (Å²) < 4.78 is 5.15. The zero-order valence-corrected chi connectivity index (χ0v) is 13.9. The summed E-state index contributed by atoms with van der Waals surface area (Å²) in [5.74, 6) is 0.774. The monoisotopic (exact) mass is 297 g/mol. The van der Waals surface area contributed by atoms with Crippen LogP contribution in [0.1, 0.15) is 45.6 Å². The van der Waals surface area contributed by atoms with Crippen LogP contribution >= 0.6 is 0 Å². The molecule has 0 saturated heterocycles. The average molecular weight is 297 g/mol. The minimum absolute atomic E-state index is 0.0380. The normalized spacial score (nSPS) is 11.9. The molecule has 2 rings (SSSR count). The van der Waals surface area contributed by atoms with Crippen molar-refractivity contribution in [3.8, 4) is 5.75 Å². The second kappa shape index (κ2) is 6.65. The number of amides is 1. The number of benzene rings is 2. The summed E-state index contributed by atoms with van der Waals surface area (Å²) in [7, 11) is 1.64. The van der Waals surface area contributed by atoms with E-state index in [-0.39, 0.29) is 11.9 Å². The number of aryl methyl sites for hydroxylation is 3. The van der Waals surface area contributed by atoms with E-state index in [1.54, 1.807) is 7.11 Å². The Hall–Kier alpha value is -2.29. The van der Waals surface area contributed by atoms with Crippen LogP contribution in [0.5, 0.6) is 5.75 Å². The maximum atomic E-state index is 12.5. The van der Waals surface area contributed by atoms with Crippen LogP contribution in [0.15, 0.2) is 36.4 Å². The smallest absolute Gasteiger partial charge is 0.252 e. The van der Waals surface area contributed by atoms with Gasteiger partial charge < -0.3 is 10.1 Å². The fourth-order valence-corrected chi connectivity index (χ4v) is 2.46. The molecule has 0 fully saturated rings. The van der Waals surface area contributed by atoms with Gasteiger partial charge >= 0.3 is 0 Å². The van der Waals surface area contributed by atoms with Crippen molar-refractivity contribution < 1.29 is 9.53 Å². The highest BCUT2D eigenvalue weighted by Gasteiger charge is 2.14. The Morgan fingerprint density at radius 2 is 1.59 bits per heavy atom. The van der Waals surface area contributed by atoms with Gasteiger partial charge in [-0.2, -0.15) is 0 Å². The highest BCUT2D eigenvalue weighted by molar-refractivity contribution is 5.96. The lowest BCUT2D eigenvalue weighted by Gasteiger charge is -2.16. The van der Waals surface area contributed by atoms with E-state index in [9.17, 15) is 4.79 Å². The Bertz CT molecular complexity index is 675. The molecule has 1 unspecified atom stereocenters. The number of nitrogens with one attached hydrogen (secondary N) is 1. The molecule has 0 bridgehead atoms. The second-order valence-corrected chi connectivity index (χ2v) is 5.72. The van der Waals surface area contributed by atoms with E-state index in [2.05, 4.69) is 18.3 Å². The van der Waals surface area contributed by atoms with E-state index in [1.165, 1.54) is 5.56 Å². The Balaban J connectivity index is 2.15. The first-order valence-corrected chi connectivity index (χ1v) is 7.45. The summed E-state index contributed by atoms with van der Waals surface area (Å²) >= 11 is 0. The molecule has 0 aromatic heterocycles. The molecule has 0 aliphatic heterocycles. The van der Waals surface area contributed by atoms with Crippen molar-refractivity contribution in [1.82, 2.24) is 5.32 Å². The van der Waals surface area contributed by atoms with Gasteiger partial charge in [-0.05, 0) is 68.1 Å². The summed E-state index contributed by atoms with van der Waals surface area (Å²) in [6.45, 7) is 8.04. The van der Waals surface area contributed by atoms with E-state index < -0.39 is 0 Å². The van der Waals surface area contributed by atoms with E-state index in [0.717, 1.165) is 28.0 Å². The van der Waals surface area contributed by atoms with Gasteiger partial charge in [-0.15, -0.1) is 0 Å². The number of hydrogen-bond acceptors (Lipinski definition) is 2. The van der Waals surface area contributed by atoms with Gasteiger partial charge in [0.05, 0.1) is 13.2 Å². The fraction of sp³-hybridized carbons (Fsp3) is 0.316. The molecule has 2 aromatic rings. The van der Waals surface area contributed by atoms with E-state index in [4.69, 9.17) is 4.74 Å². The van der Waals surface area contributed by atoms with Gasteiger partial charge in [-0.3, -0.25) is 4.79 Å². The number of carbonyl (C=O) groups is 1. The minimum atomic E-state index is -0.0561. The average Bonchev–Trinajstić information content (AvgIpc) is 2.50. The van der Waals surface area contributed by atoms with Crippen molar-refractivity contribution in [1.29, 1.82) is 0 Å². The Morgan fingerprint density at radius 3 is 2.18 bits per heavy atom. The molecule has 2 aromatic carbocycles. The third kappa shape index (κ3) is 3.48. The number of rotatable bonds is 4. The molecule has 0 spiro atoms. The number of methoxy groups -OCH3 is 1. The maximum absolute atomic E-state index is 12.5. The lowest BCUT2D eigenvalue weighted by molar-refractivity contribution is 0.0939. The maximum Gasteiger partial charge on any atom is 0.252 e. The SMILES string of the molecule is COc1ccc(C(C)NC(=O)c2cc(C)c(C)cc2C)cc1. The molecule has 116 valence electrons. The van der Waals surface area contributed by atoms with E-state index in [0.29, 0.717) is 0 Å². The predicted octanol–water partition coefficient (Wildman–Crippen LogP) is 4.11. The Labute approximate surface area is 132 Å². The molecule has 0 heterocycles. The van der Waals surface area contributed by atoms with Crippen LogP contribution in [0.2, 0.25) is 0 Å². The quantitative estimate of drug-likeness (QED) is 0.922. The van der Waals surface area contributed by atoms with Crippen LogP contribution in [-0.2, 0) is 0 Å². The van der Waals surface area contributed by atoms with Gasteiger partial charge in [0.2, 0.25) is 0 Å². The van der Waals surface area contributed by atoms with Gasteiger partial charge in [0, 0.05) is 5.56 Å². The first-order valence-electron chi connectivity index (χ1n) is 7.45. The fourth-order valence-electron chi connectivity index (χ4n) is 2.46. The predicted molar refractivity (Wildman–Crippen MR) is 89.5 cm³/mol. The van der Waals surface area contributed by atoms with Crippen molar-refractivity contribution in [3.05, 3.63) is 64.2 Å². The third-order valence-electron chi connectivity index (χ3n) is 4.05. The molecule has 0 saturated carbocycles. The second-order valence-electron chi connectivity index (χ2n) is 5.72. The van der Waals surface area contributed by atoms with Gasteiger partial charge in [0.25, 0.3) is 5.91 Å². The summed E-state index contributed by atoms with van der Waals surface area (Å²) in [5.41, 5.74) is 5.13. The van der Waals surface area contributed by atoms with Gasteiger partial charge in [0.15, 0.2) is 0 Å². The van der Waals surface area contributed by atoms with Crippen molar-refractivity contribution in [2.45, 2.75) is 33.7 Å². The molecular formula is C19H23NO2. The molecule has 3 heteroatoms. The lowest BCUT2D eigenvalue weighted by Crippen LogP contribution is -2.27. The minimum Gasteiger partial charge on any atom is -0.497 e. The van der Waals surface area contributed by atoms with Gasteiger partial charge in [-0.1, -0.05) is 18.2 Å². The zero-order valence-electron chi connectivity index (χ0n) is 13.9. The number of carbonyl (C=O) groups excluding carboxylic acids is 1. The largest absolute Gasteiger partial charge is 0.497 e. The van der Waals surface area contributed by atoms with Crippen LogP contribution in [-0.4, -0.2) is 13.0 Å². The Morgan fingerprint density at radius 1 is 1.00 bits per heavy atom. The molecule has 1 N–H and O–H groups in total. The zero-order chi connectivity index (χ0) is 16.3. The van der Waals surface area contributed by atoms with E-state index >= 15 is 0 Å². The first-order chi connectivity index (χ1) is 10.4. The summed E-state index contributed by atoms with van der Waals surface area (Å²) in [4.78, 5) is 12.5. The van der Waals surface area contributed by atoms with Crippen molar-refractivity contribution in [2.75, 3.05) is 7.11 Å². The van der Waals surface area contributed by atoms with Crippen LogP contribution in [0, 0.1) is 20.8 Å². The summed E-state index contributed by atoms with van der Waals surface area (Å²) in [5, 5.41) is 3.06. The molecule has 0 radical (unpaired) electrons. The van der Waals surface area contributed by atoms with Crippen molar-refractivity contribution in [2.24, 2.45) is 0 Å². The van der Waals surface area contributed by atoms with Crippen molar-refractivity contribution in [3.63, 3.8) is 0 Å². The van der Waals surface area contributed by atoms with Gasteiger partial charge in [-0.25, -0.2) is 0 Å². The van der Waals surface area contributed by atoms with Crippen LogP contribution in [0.25, 0.3) is 0 Å². The highest BCUT2D eigenvalue weighted by atomic mass is 16.5. The topological polar surface area (TPSA) is 38.3 Å². The van der Waals surface area contributed by atoms with Crippen LogP contribution in [0.3, 0.4) is 0 Å². The number of hydrogen-bond donors (Lipinski definition) is 1. The van der Waals surface area contributed by atoms with E-state index in [1.807, 2.05) is 51.1 Å². The van der Waals surface area contributed by atoms with Crippen molar-refractivity contribution >= 4 is 5.91 Å². The molecule has 0 aliphatic rings. The molecular weight excluding hydrogens is 274 g/mol. The summed E-state index contributed by atoms with van der Waals surface area (Å²) in [6, 6.07) is 11.7.